The van der Waals surface area contributed by atoms with Gasteiger partial charge >= 0.3 is 5.97 Å². The average Bonchev–Trinajstić information content (AvgIpc) is 2.41. The first-order chi connectivity index (χ1) is 9.42. The molecule has 1 fully saturated rings. The van der Waals surface area contributed by atoms with E-state index in [0.717, 1.165) is 12.1 Å². The van der Waals surface area contributed by atoms with Crippen LogP contribution in [0.4, 0.5) is 8.78 Å². The van der Waals surface area contributed by atoms with Crippen molar-refractivity contribution in [3.63, 3.8) is 0 Å². The number of hydrogen-bond acceptors (Lipinski definition) is 4. The highest BCUT2D eigenvalue weighted by atomic mass is 32.2. The second-order valence-electron chi connectivity index (χ2n) is 4.69. The number of methoxy groups -OCH3 is 1. The monoisotopic (exact) mass is 303 g/mol. The van der Waals surface area contributed by atoms with Gasteiger partial charge in [-0.15, -0.1) is 0 Å². The predicted octanol–water partition coefficient (Wildman–Crippen LogP) is 1.21. The number of ether oxygens (including phenoxy) is 1. The zero-order chi connectivity index (χ0) is 14.9. The minimum atomic E-state index is -1.30. The standard InChI is InChI=1S/C13H15F2NO3S/c1-7-3-10(15)8(4-9(7)14)11-5-20(18)6-12(16-11)13(17)19-2/h3-4,11-12,16H,5-6H2,1-2H3. The van der Waals surface area contributed by atoms with Gasteiger partial charge in [-0.2, -0.15) is 0 Å². The molecule has 3 atom stereocenters. The molecule has 3 unspecified atom stereocenters. The number of rotatable bonds is 2. The molecule has 1 aliphatic heterocycles. The molecule has 110 valence electrons. The first-order valence-electron chi connectivity index (χ1n) is 6.06. The van der Waals surface area contributed by atoms with Crippen molar-refractivity contribution < 1.29 is 22.5 Å². The molecule has 1 heterocycles. The molecule has 7 heteroatoms. The highest BCUT2D eigenvalue weighted by Gasteiger charge is 2.33. The van der Waals surface area contributed by atoms with E-state index < -0.39 is 40.5 Å². The molecule has 4 nitrogen and oxygen atoms in total. The summed E-state index contributed by atoms with van der Waals surface area (Å²) < 4.78 is 43.9. The first-order valence-corrected chi connectivity index (χ1v) is 7.55. The lowest BCUT2D eigenvalue weighted by molar-refractivity contribution is -0.142. The summed E-state index contributed by atoms with van der Waals surface area (Å²) in [5.41, 5.74) is 0.280. The molecular formula is C13H15F2NO3S. The van der Waals surface area contributed by atoms with Crippen molar-refractivity contribution in [2.24, 2.45) is 0 Å². The first kappa shape index (κ1) is 15.1. The van der Waals surface area contributed by atoms with Crippen LogP contribution in [-0.2, 0) is 20.3 Å². The van der Waals surface area contributed by atoms with Crippen LogP contribution in [0.1, 0.15) is 17.2 Å². The number of benzene rings is 1. The lowest BCUT2D eigenvalue weighted by Crippen LogP contribution is -2.50. The van der Waals surface area contributed by atoms with Crippen LogP contribution >= 0.6 is 0 Å². The minimum absolute atomic E-state index is 0.0788. The van der Waals surface area contributed by atoms with Crippen LogP contribution in [0.3, 0.4) is 0 Å². The molecule has 0 aromatic heterocycles. The van der Waals surface area contributed by atoms with Gasteiger partial charge in [0.25, 0.3) is 0 Å². The van der Waals surface area contributed by atoms with Gasteiger partial charge in [0.2, 0.25) is 0 Å². The van der Waals surface area contributed by atoms with E-state index in [1.807, 2.05) is 0 Å². The quantitative estimate of drug-likeness (QED) is 0.834. The number of aryl methyl sites for hydroxylation is 1. The van der Waals surface area contributed by atoms with Crippen LogP contribution in [0.25, 0.3) is 0 Å². The highest BCUT2D eigenvalue weighted by molar-refractivity contribution is 7.85. The van der Waals surface area contributed by atoms with Crippen LogP contribution in [0.2, 0.25) is 0 Å². The van der Waals surface area contributed by atoms with Gasteiger partial charge in [-0.3, -0.25) is 14.3 Å². The molecule has 0 bridgehead atoms. The van der Waals surface area contributed by atoms with Crippen molar-refractivity contribution in [3.8, 4) is 0 Å². The van der Waals surface area contributed by atoms with Crippen LogP contribution < -0.4 is 5.32 Å². The molecule has 0 radical (unpaired) electrons. The van der Waals surface area contributed by atoms with Crippen LogP contribution in [0.15, 0.2) is 12.1 Å². The largest absolute Gasteiger partial charge is 0.468 e. The van der Waals surface area contributed by atoms with E-state index in [1.54, 1.807) is 0 Å². The third-order valence-corrected chi connectivity index (χ3v) is 4.66. The summed E-state index contributed by atoms with van der Waals surface area (Å²) in [4.78, 5) is 11.5. The molecule has 1 aliphatic rings. The molecule has 1 N–H and O–H groups in total. The lowest BCUT2D eigenvalue weighted by Gasteiger charge is -2.29. The zero-order valence-corrected chi connectivity index (χ0v) is 11.9. The Bertz CT molecular complexity index is 565. The average molecular weight is 303 g/mol. The van der Waals surface area contributed by atoms with Crippen molar-refractivity contribution in [1.82, 2.24) is 5.32 Å². The van der Waals surface area contributed by atoms with Gasteiger partial charge < -0.3 is 4.74 Å². The summed E-state index contributed by atoms with van der Waals surface area (Å²) in [5, 5.41) is 2.86. The van der Waals surface area contributed by atoms with Gasteiger partial charge in [-0.25, -0.2) is 8.78 Å². The summed E-state index contributed by atoms with van der Waals surface area (Å²) >= 11 is 0. The third-order valence-electron chi connectivity index (χ3n) is 3.25. The van der Waals surface area contributed by atoms with E-state index in [4.69, 9.17) is 0 Å². The fourth-order valence-corrected chi connectivity index (χ4v) is 3.55. The third kappa shape index (κ3) is 3.04. The van der Waals surface area contributed by atoms with Crippen LogP contribution in [0, 0.1) is 18.6 Å². The number of hydrogen-bond donors (Lipinski definition) is 1. The Labute approximate surface area is 118 Å². The Balaban J connectivity index is 2.30. The van der Waals surface area contributed by atoms with Crippen LogP contribution in [0.5, 0.6) is 0 Å². The zero-order valence-electron chi connectivity index (χ0n) is 11.1. The molecule has 1 aromatic carbocycles. The maximum absolute atomic E-state index is 13.9. The fourth-order valence-electron chi connectivity index (χ4n) is 2.17. The van der Waals surface area contributed by atoms with Gasteiger partial charge in [0.15, 0.2) is 0 Å². The molecule has 0 spiro atoms. The summed E-state index contributed by atoms with van der Waals surface area (Å²) in [6.45, 7) is 1.46. The lowest BCUT2D eigenvalue weighted by atomic mass is 10.0. The van der Waals surface area contributed by atoms with Crippen molar-refractivity contribution in [1.29, 1.82) is 0 Å². The van der Waals surface area contributed by atoms with Crippen molar-refractivity contribution in [2.45, 2.75) is 19.0 Å². The van der Waals surface area contributed by atoms with E-state index in [2.05, 4.69) is 10.1 Å². The number of carbonyl (C=O) groups excluding carboxylic acids is 1. The maximum atomic E-state index is 13.9. The van der Waals surface area contributed by atoms with Gasteiger partial charge in [0.05, 0.1) is 7.11 Å². The number of esters is 1. The molecule has 1 aromatic rings. The molecule has 0 amide bonds. The molecule has 20 heavy (non-hydrogen) atoms. The van der Waals surface area contributed by atoms with E-state index in [9.17, 15) is 17.8 Å². The minimum Gasteiger partial charge on any atom is -0.468 e. The number of nitrogens with one attached hydrogen (secondary N) is 1. The Kier molecular flexibility index (Phi) is 4.49. The van der Waals surface area contributed by atoms with Crippen molar-refractivity contribution in [3.05, 3.63) is 34.9 Å². The topological polar surface area (TPSA) is 55.4 Å². The van der Waals surface area contributed by atoms with E-state index in [1.165, 1.54) is 14.0 Å². The Morgan fingerprint density at radius 2 is 2.05 bits per heavy atom. The Morgan fingerprint density at radius 1 is 1.35 bits per heavy atom. The molecule has 0 aliphatic carbocycles. The molecule has 0 saturated carbocycles. The SMILES string of the molecule is COC(=O)C1CS(=O)CC(c2cc(F)c(C)cc2F)N1. The van der Waals surface area contributed by atoms with Gasteiger partial charge in [0.1, 0.15) is 17.7 Å². The van der Waals surface area contributed by atoms with Gasteiger partial charge in [0, 0.05) is 33.9 Å². The summed E-state index contributed by atoms with van der Waals surface area (Å²) in [7, 11) is -0.0708. The van der Waals surface area contributed by atoms with Crippen molar-refractivity contribution >= 4 is 16.8 Å². The molecule has 1 saturated heterocycles. The maximum Gasteiger partial charge on any atom is 0.323 e. The van der Waals surface area contributed by atoms with E-state index in [0.29, 0.717) is 0 Å². The Morgan fingerprint density at radius 3 is 2.70 bits per heavy atom. The van der Waals surface area contributed by atoms with Crippen molar-refractivity contribution in [2.75, 3.05) is 18.6 Å². The van der Waals surface area contributed by atoms with E-state index >= 15 is 0 Å². The Hall–Kier alpha value is -1.34. The van der Waals surface area contributed by atoms with Crippen LogP contribution in [-0.4, -0.2) is 34.8 Å². The number of halogens is 2. The fraction of sp³-hybridized carbons (Fsp3) is 0.462. The normalized spacial score (nSPS) is 26.3. The number of carbonyl (C=O) groups is 1. The molecule has 2 rings (SSSR count). The summed E-state index contributed by atoms with van der Waals surface area (Å²) in [6.07, 6.45) is 0. The predicted molar refractivity (Wildman–Crippen MR) is 70.7 cm³/mol. The van der Waals surface area contributed by atoms with Gasteiger partial charge in [-0.1, -0.05) is 0 Å². The van der Waals surface area contributed by atoms with Gasteiger partial charge in [-0.05, 0) is 24.6 Å². The summed E-state index contributed by atoms with van der Waals surface area (Å²) in [5.74, 6) is -1.43. The second kappa shape index (κ2) is 5.97. The smallest absolute Gasteiger partial charge is 0.323 e. The molecular weight excluding hydrogens is 288 g/mol. The van der Waals surface area contributed by atoms with E-state index in [-0.39, 0.29) is 22.6 Å². The highest BCUT2D eigenvalue weighted by Crippen LogP contribution is 2.24. The summed E-state index contributed by atoms with van der Waals surface area (Å²) in [6, 6.07) is 0.725. The second-order valence-corrected chi connectivity index (χ2v) is 6.24.